The molecule has 0 aliphatic carbocycles. The molecule has 0 atom stereocenters. The molecule has 0 fully saturated rings. The first-order chi connectivity index (χ1) is 7.24. The minimum atomic E-state index is -0.409. The summed E-state index contributed by atoms with van der Waals surface area (Å²) >= 11 is 5.39. The molecule has 0 radical (unpaired) electrons. The Balaban J connectivity index is 2.15. The van der Waals surface area contributed by atoms with Crippen molar-refractivity contribution in [2.75, 3.05) is 0 Å². The van der Waals surface area contributed by atoms with E-state index in [0.717, 1.165) is 5.02 Å². The van der Waals surface area contributed by atoms with Gasteiger partial charge in [0.25, 0.3) is 0 Å². The average molecular weight is 334 g/mol. The Labute approximate surface area is 103 Å². The zero-order valence-corrected chi connectivity index (χ0v) is 10.9. The molecule has 0 N–H and O–H groups in total. The number of rotatable bonds is 2. The van der Waals surface area contributed by atoms with Gasteiger partial charge in [0, 0.05) is 0 Å². The second kappa shape index (κ2) is 4.98. The summed E-state index contributed by atoms with van der Waals surface area (Å²) in [6, 6.07) is 14.6. The molecule has 0 nitrogen and oxygen atoms in total. The van der Waals surface area contributed by atoms with Gasteiger partial charge >= 0.3 is 104 Å². The SMILES string of the molecule is Fc1ccc([Te]c2ccc(Cl)cc2)cc1. The first kappa shape index (κ1) is 11.0. The molecule has 0 aromatic heterocycles. The summed E-state index contributed by atoms with van der Waals surface area (Å²) in [5.41, 5.74) is 0. The molecule has 0 amide bonds. The number of benzene rings is 2. The van der Waals surface area contributed by atoms with Crippen molar-refractivity contribution in [3.8, 4) is 0 Å². The standard InChI is InChI=1S/C12H8ClFTe/c13-9-1-5-11(6-2-9)15-12-7-3-10(14)4-8-12/h1-8H. The summed E-state index contributed by atoms with van der Waals surface area (Å²) in [6.45, 7) is 0. The van der Waals surface area contributed by atoms with E-state index in [1.807, 2.05) is 36.4 Å². The number of halogens is 2. The van der Waals surface area contributed by atoms with Gasteiger partial charge < -0.3 is 0 Å². The fourth-order valence-corrected chi connectivity index (χ4v) is 3.60. The summed E-state index contributed by atoms with van der Waals surface area (Å²) in [6.07, 6.45) is 0. The molecule has 2 aromatic carbocycles. The van der Waals surface area contributed by atoms with Crippen LogP contribution in [0, 0.1) is 5.82 Å². The van der Waals surface area contributed by atoms with Gasteiger partial charge in [-0.15, -0.1) is 0 Å². The topological polar surface area (TPSA) is 0 Å². The molecule has 0 saturated heterocycles. The monoisotopic (exact) mass is 336 g/mol. The van der Waals surface area contributed by atoms with Crippen LogP contribution < -0.4 is 7.22 Å². The summed E-state index contributed by atoms with van der Waals surface area (Å²) < 4.78 is 15.2. The van der Waals surface area contributed by atoms with Crippen molar-refractivity contribution in [1.29, 1.82) is 0 Å². The number of hydrogen-bond acceptors (Lipinski definition) is 0. The van der Waals surface area contributed by atoms with Crippen molar-refractivity contribution >= 4 is 39.7 Å². The molecule has 0 aliphatic heterocycles. The van der Waals surface area contributed by atoms with Crippen LogP contribution in [-0.4, -0.2) is 20.9 Å². The van der Waals surface area contributed by atoms with E-state index in [0.29, 0.717) is 0 Å². The van der Waals surface area contributed by atoms with Gasteiger partial charge in [0.2, 0.25) is 0 Å². The van der Waals surface area contributed by atoms with Crippen molar-refractivity contribution in [2.24, 2.45) is 0 Å². The van der Waals surface area contributed by atoms with Crippen molar-refractivity contribution in [2.45, 2.75) is 0 Å². The molecule has 3 heteroatoms. The summed E-state index contributed by atoms with van der Waals surface area (Å²) in [4.78, 5) is 0. The van der Waals surface area contributed by atoms with Gasteiger partial charge in [-0.25, -0.2) is 0 Å². The Kier molecular flexibility index (Phi) is 3.64. The molecule has 0 unspecified atom stereocenters. The van der Waals surface area contributed by atoms with E-state index in [1.165, 1.54) is 19.4 Å². The first-order valence-electron chi connectivity index (χ1n) is 4.43. The Bertz CT molecular complexity index is 393. The quantitative estimate of drug-likeness (QED) is 0.738. The van der Waals surface area contributed by atoms with Crippen LogP contribution >= 0.6 is 11.6 Å². The van der Waals surface area contributed by atoms with Crippen LogP contribution in [0.3, 0.4) is 0 Å². The molecule has 0 bridgehead atoms. The average Bonchev–Trinajstić information content (AvgIpc) is 2.25. The zero-order valence-electron chi connectivity index (χ0n) is 7.78. The van der Waals surface area contributed by atoms with E-state index in [9.17, 15) is 4.39 Å². The first-order valence-corrected chi connectivity index (χ1v) is 7.14. The third-order valence-corrected chi connectivity index (χ3v) is 5.01. The van der Waals surface area contributed by atoms with E-state index in [2.05, 4.69) is 0 Å². The molecule has 0 saturated carbocycles. The van der Waals surface area contributed by atoms with Gasteiger partial charge in [-0.05, 0) is 0 Å². The fraction of sp³-hybridized carbons (Fsp3) is 0. The normalized spacial score (nSPS) is 10.3. The molecular weight excluding hydrogens is 326 g/mol. The van der Waals surface area contributed by atoms with Gasteiger partial charge in [0.15, 0.2) is 0 Å². The van der Waals surface area contributed by atoms with Gasteiger partial charge in [0.1, 0.15) is 0 Å². The van der Waals surface area contributed by atoms with Crippen LogP contribution in [0.2, 0.25) is 5.02 Å². The molecule has 0 spiro atoms. The van der Waals surface area contributed by atoms with Gasteiger partial charge in [-0.1, -0.05) is 0 Å². The molecule has 2 aromatic rings. The summed E-state index contributed by atoms with van der Waals surface area (Å²) in [5, 5.41) is 0.755. The van der Waals surface area contributed by atoms with Gasteiger partial charge in [-0.2, -0.15) is 0 Å². The second-order valence-electron chi connectivity index (χ2n) is 3.01. The van der Waals surface area contributed by atoms with Crippen molar-refractivity contribution in [3.05, 3.63) is 59.4 Å². The van der Waals surface area contributed by atoms with Gasteiger partial charge in [0.05, 0.1) is 0 Å². The van der Waals surface area contributed by atoms with Crippen molar-refractivity contribution in [1.82, 2.24) is 0 Å². The van der Waals surface area contributed by atoms with Crippen molar-refractivity contribution in [3.63, 3.8) is 0 Å². The van der Waals surface area contributed by atoms with Crippen LogP contribution in [0.25, 0.3) is 0 Å². The van der Waals surface area contributed by atoms with Crippen LogP contribution in [0.1, 0.15) is 0 Å². The number of hydrogen-bond donors (Lipinski definition) is 0. The maximum absolute atomic E-state index is 12.7. The van der Waals surface area contributed by atoms with Crippen LogP contribution in [0.4, 0.5) is 4.39 Å². The molecular formula is C12H8ClFTe. The van der Waals surface area contributed by atoms with E-state index in [4.69, 9.17) is 11.6 Å². The summed E-state index contributed by atoms with van der Waals surface area (Å²) in [7, 11) is 0. The molecule has 76 valence electrons. The Morgan fingerprint density at radius 2 is 1.27 bits per heavy atom. The van der Waals surface area contributed by atoms with Crippen molar-refractivity contribution < 1.29 is 4.39 Å². The third-order valence-electron chi connectivity index (χ3n) is 1.86. The van der Waals surface area contributed by atoms with Crippen LogP contribution in [0.15, 0.2) is 48.5 Å². The van der Waals surface area contributed by atoms with E-state index >= 15 is 0 Å². The van der Waals surface area contributed by atoms with E-state index < -0.39 is 20.9 Å². The second-order valence-corrected chi connectivity index (χ2v) is 6.72. The fourth-order valence-electron chi connectivity index (χ4n) is 1.14. The zero-order chi connectivity index (χ0) is 10.7. The maximum atomic E-state index is 12.7. The van der Waals surface area contributed by atoms with Crippen LogP contribution in [-0.2, 0) is 0 Å². The molecule has 0 heterocycles. The predicted molar refractivity (Wildman–Crippen MR) is 62.9 cm³/mol. The molecule has 15 heavy (non-hydrogen) atoms. The van der Waals surface area contributed by atoms with Gasteiger partial charge in [-0.3, -0.25) is 0 Å². The third kappa shape index (κ3) is 3.21. The summed E-state index contributed by atoms with van der Waals surface area (Å²) in [5.74, 6) is -0.178. The Hall–Kier alpha value is -0.550. The Morgan fingerprint density at radius 3 is 1.80 bits per heavy atom. The minimum absolute atomic E-state index is 0.178. The molecule has 0 aliphatic rings. The van der Waals surface area contributed by atoms with Crippen LogP contribution in [0.5, 0.6) is 0 Å². The predicted octanol–water partition coefficient (Wildman–Crippen LogP) is 2.13. The Morgan fingerprint density at radius 1 is 0.800 bits per heavy atom. The molecule has 2 rings (SSSR count). The van der Waals surface area contributed by atoms with E-state index in [1.54, 1.807) is 0 Å². The van der Waals surface area contributed by atoms with E-state index in [-0.39, 0.29) is 5.82 Å².